The van der Waals surface area contributed by atoms with Crippen molar-refractivity contribution in [2.45, 2.75) is 13.8 Å². The quantitative estimate of drug-likeness (QED) is 0.673. The number of carbonyl (C=O) groups excluding carboxylic acids is 2. The molecule has 0 heterocycles. The van der Waals surface area contributed by atoms with Crippen LogP contribution in [0.5, 0.6) is 5.75 Å². The molecule has 2 N–H and O–H groups in total. The molecule has 0 aromatic heterocycles. The lowest BCUT2D eigenvalue weighted by molar-refractivity contribution is 0.102. The lowest BCUT2D eigenvalue weighted by atomic mass is 10.1. The number of amides is 2. The number of anilines is 2. The van der Waals surface area contributed by atoms with Gasteiger partial charge in [0.25, 0.3) is 11.8 Å². The van der Waals surface area contributed by atoms with E-state index in [0.717, 1.165) is 16.8 Å². The summed E-state index contributed by atoms with van der Waals surface area (Å²) in [4.78, 5) is 25.2. The highest BCUT2D eigenvalue weighted by molar-refractivity contribution is 6.08. The number of aryl methyl sites for hydroxylation is 2. The molecular weight excluding hydrogens is 352 g/mol. The largest absolute Gasteiger partial charge is 0.497 e. The molecule has 0 atom stereocenters. The first kappa shape index (κ1) is 19.2. The molecule has 0 saturated heterocycles. The molecule has 5 nitrogen and oxygen atoms in total. The highest BCUT2D eigenvalue weighted by atomic mass is 16.5. The first-order chi connectivity index (χ1) is 13.5. The first-order valence-electron chi connectivity index (χ1n) is 8.90. The van der Waals surface area contributed by atoms with Crippen molar-refractivity contribution in [3.05, 3.63) is 89.0 Å². The van der Waals surface area contributed by atoms with Crippen LogP contribution in [0, 0.1) is 13.8 Å². The van der Waals surface area contributed by atoms with Gasteiger partial charge in [-0.25, -0.2) is 0 Å². The molecule has 3 aromatic carbocycles. The summed E-state index contributed by atoms with van der Waals surface area (Å²) >= 11 is 0. The van der Waals surface area contributed by atoms with Crippen LogP contribution in [0.3, 0.4) is 0 Å². The van der Waals surface area contributed by atoms with Gasteiger partial charge in [-0.2, -0.15) is 0 Å². The molecule has 0 aliphatic heterocycles. The summed E-state index contributed by atoms with van der Waals surface area (Å²) in [6, 6.07) is 19.6. The third-order valence-corrected chi connectivity index (χ3v) is 4.38. The Labute approximate surface area is 164 Å². The molecule has 0 aliphatic rings. The van der Waals surface area contributed by atoms with E-state index >= 15 is 0 Å². The van der Waals surface area contributed by atoms with Crippen LogP contribution in [-0.4, -0.2) is 18.9 Å². The highest BCUT2D eigenvalue weighted by Crippen LogP contribution is 2.19. The normalized spacial score (nSPS) is 10.2. The summed E-state index contributed by atoms with van der Waals surface area (Å²) in [6.07, 6.45) is 0. The smallest absolute Gasteiger partial charge is 0.255 e. The Morgan fingerprint density at radius 1 is 0.786 bits per heavy atom. The molecule has 3 aromatic rings. The maximum atomic E-state index is 12.6. The molecular formula is C23H22N2O3. The van der Waals surface area contributed by atoms with E-state index in [4.69, 9.17) is 4.74 Å². The summed E-state index contributed by atoms with van der Waals surface area (Å²) in [6.45, 7) is 3.91. The number of ether oxygens (including phenoxy) is 1. The summed E-state index contributed by atoms with van der Waals surface area (Å²) < 4.78 is 5.11. The van der Waals surface area contributed by atoms with Gasteiger partial charge >= 0.3 is 0 Å². The van der Waals surface area contributed by atoms with E-state index in [1.807, 2.05) is 32.0 Å². The van der Waals surface area contributed by atoms with Gasteiger partial charge in [-0.05, 0) is 73.5 Å². The summed E-state index contributed by atoms with van der Waals surface area (Å²) in [5, 5.41) is 5.73. The summed E-state index contributed by atoms with van der Waals surface area (Å²) in [7, 11) is 1.59. The van der Waals surface area contributed by atoms with Crippen LogP contribution in [0.4, 0.5) is 11.4 Å². The van der Waals surface area contributed by atoms with E-state index in [0.29, 0.717) is 22.6 Å². The van der Waals surface area contributed by atoms with Crippen molar-refractivity contribution in [2.75, 3.05) is 17.7 Å². The molecule has 0 unspecified atom stereocenters. The van der Waals surface area contributed by atoms with Crippen molar-refractivity contribution in [1.29, 1.82) is 0 Å². The highest BCUT2D eigenvalue weighted by Gasteiger charge is 2.12. The fourth-order valence-electron chi connectivity index (χ4n) is 2.74. The number of rotatable bonds is 5. The maximum absolute atomic E-state index is 12.6. The van der Waals surface area contributed by atoms with Crippen LogP contribution < -0.4 is 15.4 Å². The maximum Gasteiger partial charge on any atom is 0.255 e. The monoisotopic (exact) mass is 374 g/mol. The van der Waals surface area contributed by atoms with E-state index in [1.54, 1.807) is 55.6 Å². The van der Waals surface area contributed by atoms with Gasteiger partial charge < -0.3 is 15.4 Å². The Morgan fingerprint density at radius 2 is 1.43 bits per heavy atom. The number of hydrogen-bond donors (Lipinski definition) is 2. The zero-order valence-corrected chi connectivity index (χ0v) is 16.1. The minimum Gasteiger partial charge on any atom is -0.497 e. The van der Waals surface area contributed by atoms with E-state index in [-0.39, 0.29) is 11.8 Å². The lowest BCUT2D eigenvalue weighted by Crippen LogP contribution is -2.16. The standard InChI is InChI=1S/C23H22N2O3/c1-15-7-8-16(2)21(13-15)25-23(27)18-6-4-5-17(14-18)22(26)24-19-9-11-20(28-3)12-10-19/h4-14H,1-3H3,(H,24,26)(H,25,27). The molecule has 2 amide bonds. The second kappa shape index (κ2) is 8.39. The zero-order valence-electron chi connectivity index (χ0n) is 16.1. The molecule has 0 radical (unpaired) electrons. The number of nitrogens with one attached hydrogen (secondary N) is 2. The van der Waals surface area contributed by atoms with Crippen molar-refractivity contribution in [3.63, 3.8) is 0 Å². The summed E-state index contributed by atoms with van der Waals surface area (Å²) in [5.41, 5.74) is 4.28. The Hall–Kier alpha value is -3.60. The average molecular weight is 374 g/mol. The second-order valence-electron chi connectivity index (χ2n) is 6.54. The molecule has 142 valence electrons. The molecule has 3 rings (SSSR count). The molecule has 0 fully saturated rings. The van der Waals surface area contributed by atoms with Gasteiger partial charge in [0.15, 0.2) is 0 Å². The molecule has 0 saturated carbocycles. The molecule has 0 spiro atoms. The van der Waals surface area contributed by atoms with Gasteiger partial charge in [0.05, 0.1) is 7.11 Å². The average Bonchev–Trinajstić information content (AvgIpc) is 2.71. The third-order valence-electron chi connectivity index (χ3n) is 4.38. The van der Waals surface area contributed by atoms with Crippen LogP contribution in [0.15, 0.2) is 66.7 Å². The Kier molecular flexibility index (Phi) is 5.75. The van der Waals surface area contributed by atoms with Crippen LogP contribution in [0.25, 0.3) is 0 Å². The van der Waals surface area contributed by atoms with Crippen molar-refractivity contribution >= 4 is 23.2 Å². The van der Waals surface area contributed by atoms with E-state index in [2.05, 4.69) is 10.6 Å². The Balaban J connectivity index is 1.74. The van der Waals surface area contributed by atoms with E-state index in [1.165, 1.54) is 0 Å². The minimum atomic E-state index is -0.286. The molecule has 0 bridgehead atoms. The fourth-order valence-corrected chi connectivity index (χ4v) is 2.74. The second-order valence-corrected chi connectivity index (χ2v) is 6.54. The minimum absolute atomic E-state index is 0.257. The summed E-state index contributed by atoms with van der Waals surface area (Å²) in [5.74, 6) is 0.169. The van der Waals surface area contributed by atoms with Crippen molar-refractivity contribution in [3.8, 4) is 5.75 Å². The van der Waals surface area contributed by atoms with Crippen LogP contribution in [0.2, 0.25) is 0 Å². The van der Waals surface area contributed by atoms with Crippen LogP contribution >= 0.6 is 0 Å². The van der Waals surface area contributed by atoms with Gasteiger partial charge in [0.1, 0.15) is 5.75 Å². The zero-order chi connectivity index (χ0) is 20.1. The third kappa shape index (κ3) is 4.57. The first-order valence-corrected chi connectivity index (χ1v) is 8.90. The van der Waals surface area contributed by atoms with Crippen molar-refractivity contribution in [2.24, 2.45) is 0 Å². The van der Waals surface area contributed by atoms with Gasteiger partial charge in [0, 0.05) is 22.5 Å². The number of benzene rings is 3. The molecule has 28 heavy (non-hydrogen) atoms. The van der Waals surface area contributed by atoms with E-state index in [9.17, 15) is 9.59 Å². The Bertz CT molecular complexity index is 1010. The topological polar surface area (TPSA) is 67.4 Å². The fraction of sp³-hybridized carbons (Fsp3) is 0.130. The predicted molar refractivity (Wildman–Crippen MR) is 111 cm³/mol. The van der Waals surface area contributed by atoms with Crippen LogP contribution in [-0.2, 0) is 0 Å². The van der Waals surface area contributed by atoms with Crippen molar-refractivity contribution in [1.82, 2.24) is 0 Å². The number of carbonyl (C=O) groups is 2. The molecule has 5 heteroatoms. The van der Waals surface area contributed by atoms with Gasteiger partial charge in [-0.3, -0.25) is 9.59 Å². The Morgan fingerprint density at radius 3 is 2.07 bits per heavy atom. The predicted octanol–water partition coefficient (Wildman–Crippen LogP) is 4.82. The number of methoxy groups -OCH3 is 1. The van der Waals surface area contributed by atoms with Crippen LogP contribution in [0.1, 0.15) is 31.8 Å². The van der Waals surface area contributed by atoms with Gasteiger partial charge in [-0.1, -0.05) is 18.2 Å². The van der Waals surface area contributed by atoms with Crippen molar-refractivity contribution < 1.29 is 14.3 Å². The van der Waals surface area contributed by atoms with Gasteiger partial charge in [0.2, 0.25) is 0 Å². The lowest BCUT2D eigenvalue weighted by Gasteiger charge is -2.11. The van der Waals surface area contributed by atoms with Gasteiger partial charge in [-0.15, -0.1) is 0 Å². The molecule has 0 aliphatic carbocycles. The van der Waals surface area contributed by atoms with E-state index < -0.39 is 0 Å². The number of hydrogen-bond acceptors (Lipinski definition) is 3. The SMILES string of the molecule is COc1ccc(NC(=O)c2cccc(C(=O)Nc3cc(C)ccc3C)c2)cc1.